The van der Waals surface area contributed by atoms with E-state index < -0.39 is 0 Å². The lowest BCUT2D eigenvalue weighted by Crippen LogP contribution is -2.29. The Labute approximate surface area is 211 Å². The van der Waals surface area contributed by atoms with Crippen LogP contribution in [0, 0.1) is 27.7 Å². The van der Waals surface area contributed by atoms with Crippen molar-refractivity contribution >= 4 is 34.6 Å². The lowest BCUT2D eigenvalue weighted by molar-refractivity contribution is 0.565. The van der Waals surface area contributed by atoms with Crippen LogP contribution in [-0.2, 0) is 0 Å². The molecule has 0 spiro atoms. The van der Waals surface area contributed by atoms with Gasteiger partial charge in [0.25, 0.3) is 0 Å². The molecular weight excluding hydrogens is 460 g/mol. The van der Waals surface area contributed by atoms with E-state index in [0.717, 1.165) is 11.4 Å². The van der Waals surface area contributed by atoms with E-state index in [1.165, 1.54) is 33.8 Å². The fraction of sp³-hybridized carbons (Fsp3) is 0.214. The van der Waals surface area contributed by atoms with E-state index in [1.54, 1.807) is 0 Å². The predicted octanol–water partition coefficient (Wildman–Crippen LogP) is 6.94. The highest BCUT2D eigenvalue weighted by Gasteiger charge is 2.42. The lowest BCUT2D eigenvalue weighted by Gasteiger charge is -2.28. The highest BCUT2D eigenvalue weighted by molar-refractivity contribution is 7.80. The molecule has 5 rings (SSSR count). The molecule has 6 heteroatoms. The van der Waals surface area contributed by atoms with Gasteiger partial charge in [-0.2, -0.15) is 0 Å². The molecule has 0 bridgehead atoms. The topological polar surface area (TPSA) is 33.1 Å². The maximum atomic E-state index is 6.20. The van der Waals surface area contributed by atoms with Crippen LogP contribution < -0.4 is 10.2 Å². The monoisotopic (exact) mass is 486 g/mol. The number of hydrogen-bond acceptors (Lipinski definition) is 2. The first-order valence-electron chi connectivity index (χ1n) is 11.4. The number of nitrogens with zero attached hydrogens (tertiary/aromatic N) is 3. The summed E-state index contributed by atoms with van der Waals surface area (Å²) in [6.07, 6.45) is 1.83. The first kappa shape index (κ1) is 22.6. The van der Waals surface area contributed by atoms with Crippen LogP contribution in [0.3, 0.4) is 0 Å². The molecule has 1 aliphatic heterocycles. The number of halogens is 1. The Morgan fingerprint density at radius 3 is 2.41 bits per heavy atom. The van der Waals surface area contributed by atoms with Gasteiger partial charge in [0.05, 0.1) is 17.8 Å². The van der Waals surface area contributed by atoms with Crippen molar-refractivity contribution in [1.82, 2.24) is 14.9 Å². The van der Waals surface area contributed by atoms with Crippen LogP contribution in [-0.4, -0.2) is 14.7 Å². The molecule has 2 aromatic heterocycles. The summed E-state index contributed by atoms with van der Waals surface area (Å²) in [5, 5.41) is 4.93. The van der Waals surface area contributed by atoms with Gasteiger partial charge in [0.15, 0.2) is 5.11 Å². The van der Waals surface area contributed by atoms with Gasteiger partial charge >= 0.3 is 0 Å². The third-order valence-electron chi connectivity index (χ3n) is 6.60. The number of pyridine rings is 1. The second-order valence-corrected chi connectivity index (χ2v) is 9.75. The molecule has 0 radical (unpaired) electrons. The second-order valence-electron chi connectivity index (χ2n) is 8.92. The molecule has 1 aliphatic rings. The first-order chi connectivity index (χ1) is 16.3. The molecule has 2 atom stereocenters. The van der Waals surface area contributed by atoms with Gasteiger partial charge in [-0.05, 0) is 105 Å². The van der Waals surface area contributed by atoms with E-state index in [-0.39, 0.29) is 12.1 Å². The van der Waals surface area contributed by atoms with E-state index in [2.05, 4.69) is 77.8 Å². The molecular formula is C28H27ClN4S. The van der Waals surface area contributed by atoms with E-state index in [1.807, 2.05) is 42.6 Å². The number of thiocarbonyl (C=S) groups is 1. The van der Waals surface area contributed by atoms with E-state index in [0.29, 0.717) is 10.1 Å². The number of anilines is 1. The van der Waals surface area contributed by atoms with Crippen LogP contribution in [0.1, 0.15) is 45.9 Å². The largest absolute Gasteiger partial charge is 0.351 e. The summed E-state index contributed by atoms with van der Waals surface area (Å²) in [6.45, 7) is 8.66. The number of aromatic nitrogens is 2. The predicted molar refractivity (Wildman–Crippen MR) is 144 cm³/mol. The van der Waals surface area contributed by atoms with Crippen molar-refractivity contribution in [2.24, 2.45) is 0 Å². The fourth-order valence-electron chi connectivity index (χ4n) is 4.97. The van der Waals surface area contributed by atoms with Crippen LogP contribution in [0.25, 0.3) is 5.69 Å². The van der Waals surface area contributed by atoms with Gasteiger partial charge in [-0.1, -0.05) is 29.8 Å². The van der Waals surface area contributed by atoms with Crippen LogP contribution in [0.2, 0.25) is 5.02 Å². The molecule has 1 fully saturated rings. The highest BCUT2D eigenvalue weighted by Crippen LogP contribution is 2.44. The van der Waals surface area contributed by atoms with Crippen molar-refractivity contribution in [2.45, 2.75) is 39.8 Å². The average Bonchev–Trinajstić information content (AvgIpc) is 3.32. The van der Waals surface area contributed by atoms with Crippen LogP contribution in [0.15, 0.2) is 72.9 Å². The third-order valence-corrected chi connectivity index (χ3v) is 7.16. The lowest BCUT2D eigenvalue weighted by atomic mass is 9.96. The van der Waals surface area contributed by atoms with Crippen LogP contribution in [0.4, 0.5) is 5.69 Å². The number of hydrogen-bond donors (Lipinski definition) is 1. The smallest absolute Gasteiger partial charge is 0.174 e. The van der Waals surface area contributed by atoms with Gasteiger partial charge in [0.2, 0.25) is 0 Å². The summed E-state index contributed by atoms with van der Waals surface area (Å²) < 4.78 is 2.36. The van der Waals surface area contributed by atoms with Crippen LogP contribution >= 0.6 is 23.8 Å². The summed E-state index contributed by atoms with van der Waals surface area (Å²) in [7, 11) is 0. The van der Waals surface area contributed by atoms with Crippen molar-refractivity contribution in [3.05, 3.63) is 112 Å². The Bertz CT molecular complexity index is 1360. The number of nitrogens with one attached hydrogen (secondary N) is 1. The molecule has 0 unspecified atom stereocenters. The maximum absolute atomic E-state index is 6.20. The number of rotatable bonds is 4. The normalized spacial score (nSPS) is 17.8. The Morgan fingerprint density at radius 2 is 1.71 bits per heavy atom. The molecule has 0 saturated carbocycles. The summed E-state index contributed by atoms with van der Waals surface area (Å²) >= 11 is 12.1. The van der Waals surface area contributed by atoms with E-state index in [9.17, 15) is 0 Å². The third kappa shape index (κ3) is 3.89. The Balaban J connectivity index is 1.70. The minimum atomic E-state index is -0.0862. The SMILES string of the molecule is Cc1ccc(C)c(-n2c(C)cc([C@@H]3[C@H](c4ccccn4)NC(=S)N3c3ccc(Cl)cc3)c2C)c1. The fourth-order valence-corrected chi connectivity index (χ4v) is 5.44. The molecule has 0 amide bonds. The summed E-state index contributed by atoms with van der Waals surface area (Å²) in [5.74, 6) is 0. The zero-order chi connectivity index (χ0) is 24.0. The Morgan fingerprint density at radius 1 is 0.941 bits per heavy atom. The molecule has 1 N–H and O–H groups in total. The summed E-state index contributed by atoms with van der Waals surface area (Å²) in [5.41, 5.74) is 9.27. The molecule has 34 heavy (non-hydrogen) atoms. The van der Waals surface area contributed by atoms with E-state index >= 15 is 0 Å². The number of aryl methyl sites for hydroxylation is 3. The van der Waals surface area contributed by atoms with Crippen LogP contribution in [0.5, 0.6) is 0 Å². The molecule has 2 aromatic carbocycles. The van der Waals surface area contributed by atoms with Crippen molar-refractivity contribution in [3.63, 3.8) is 0 Å². The summed E-state index contributed by atoms with van der Waals surface area (Å²) in [4.78, 5) is 6.87. The maximum Gasteiger partial charge on any atom is 0.174 e. The van der Waals surface area contributed by atoms with Crippen molar-refractivity contribution in [1.29, 1.82) is 0 Å². The molecule has 4 aromatic rings. The molecule has 172 valence electrons. The highest BCUT2D eigenvalue weighted by atomic mass is 35.5. The van der Waals surface area contributed by atoms with Gasteiger partial charge in [-0.3, -0.25) is 4.98 Å². The van der Waals surface area contributed by atoms with Gasteiger partial charge in [0.1, 0.15) is 0 Å². The molecule has 4 nitrogen and oxygen atoms in total. The Kier molecular flexibility index (Phi) is 5.92. The minimum absolute atomic E-state index is 0.0614. The Hall–Kier alpha value is -3.15. The van der Waals surface area contributed by atoms with Gasteiger partial charge in [-0.15, -0.1) is 0 Å². The molecule has 0 aliphatic carbocycles. The van der Waals surface area contributed by atoms with Gasteiger partial charge in [0, 0.05) is 34.0 Å². The molecule has 3 heterocycles. The average molecular weight is 487 g/mol. The zero-order valence-electron chi connectivity index (χ0n) is 19.7. The quantitative estimate of drug-likeness (QED) is 0.317. The van der Waals surface area contributed by atoms with Crippen molar-refractivity contribution in [3.8, 4) is 5.69 Å². The second kappa shape index (κ2) is 8.90. The van der Waals surface area contributed by atoms with Crippen molar-refractivity contribution in [2.75, 3.05) is 4.90 Å². The summed E-state index contributed by atoms with van der Waals surface area (Å²) in [6, 6.07) is 22.6. The van der Waals surface area contributed by atoms with Crippen molar-refractivity contribution < 1.29 is 0 Å². The van der Waals surface area contributed by atoms with Gasteiger partial charge in [-0.25, -0.2) is 0 Å². The standard InChI is InChI=1S/C28H27ClN4S/c1-17-8-9-18(2)25(15-17)32-19(3)16-23(20(32)4)27-26(24-7-5-6-14-30-24)31-28(34)33(27)22-12-10-21(29)11-13-22/h5-16,26-27H,1-4H3,(H,31,34)/t26-,27+/m0/s1. The molecule has 1 saturated heterocycles. The van der Waals surface area contributed by atoms with E-state index in [4.69, 9.17) is 23.8 Å². The first-order valence-corrected chi connectivity index (χ1v) is 12.2. The number of benzene rings is 2. The zero-order valence-corrected chi connectivity index (χ0v) is 21.3. The van der Waals surface area contributed by atoms with Gasteiger partial charge < -0.3 is 14.8 Å². The minimum Gasteiger partial charge on any atom is -0.351 e.